The molecule has 0 spiro atoms. The van der Waals surface area contributed by atoms with E-state index in [-0.39, 0.29) is 5.91 Å². The summed E-state index contributed by atoms with van der Waals surface area (Å²) in [7, 11) is 1.77. The maximum absolute atomic E-state index is 12.0. The number of hydrogen-bond acceptors (Lipinski definition) is 6. The van der Waals surface area contributed by atoms with Gasteiger partial charge in [-0.05, 0) is 18.4 Å². The maximum atomic E-state index is 12.0. The fraction of sp³-hybridized carbons (Fsp3) is 0.308. The Labute approximate surface area is 126 Å². The van der Waals surface area contributed by atoms with Crippen molar-refractivity contribution in [3.8, 4) is 0 Å². The molecule has 0 fully saturated rings. The smallest absolute Gasteiger partial charge is 0.251 e. The first-order chi connectivity index (χ1) is 9.72. The summed E-state index contributed by atoms with van der Waals surface area (Å²) < 4.78 is 0. The van der Waals surface area contributed by atoms with Gasteiger partial charge in [-0.15, -0.1) is 11.3 Å². The molecule has 0 saturated heterocycles. The van der Waals surface area contributed by atoms with Crippen LogP contribution in [0.25, 0.3) is 0 Å². The van der Waals surface area contributed by atoms with Crippen LogP contribution in [0.15, 0.2) is 23.7 Å². The number of carbonyl (C=O) groups is 1. The largest absolute Gasteiger partial charge is 0.373 e. The number of thiazole rings is 1. The van der Waals surface area contributed by atoms with Crippen LogP contribution in [-0.4, -0.2) is 29.2 Å². The number of nitrogens with zero attached hydrogens (tertiary/aromatic N) is 2. The Kier molecular flexibility index (Phi) is 5.37. The van der Waals surface area contributed by atoms with Crippen molar-refractivity contribution in [1.82, 2.24) is 15.3 Å². The zero-order valence-corrected chi connectivity index (χ0v) is 13.0. The molecule has 7 heteroatoms. The van der Waals surface area contributed by atoms with Gasteiger partial charge in [-0.25, -0.2) is 9.97 Å². The molecule has 1 amide bonds. The topological polar surface area (TPSA) is 66.9 Å². The molecule has 0 radical (unpaired) electrons. The number of anilines is 1. The number of rotatable bonds is 6. The third-order valence-corrected chi connectivity index (χ3v) is 4.22. The summed E-state index contributed by atoms with van der Waals surface area (Å²) in [5.41, 5.74) is 1.49. The molecule has 106 valence electrons. The second-order valence-corrected chi connectivity index (χ2v) is 5.84. The molecule has 0 saturated carbocycles. The molecule has 0 unspecified atom stereocenters. The summed E-state index contributed by atoms with van der Waals surface area (Å²) in [6.45, 7) is 0.445. The number of carbonyl (C=O) groups excluding carboxylic acids is 1. The van der Waals surface area contributed by atoms with Crippen molar-refractivity contribution < 1.29 is 4.79 Å². The quantitative estimate of drug-likeness (QED) is 0.857. The SMILES string of the molecule is CNc1cc(C(=O)NCc2csc(CSC)n2)ccn1. The van der Waals surface area contributed by atoms with Crippen LogP contribution in [0.4, 0.5) is 5.82 Å². The van der Waals surface area contributed by atoms with Crippen molar-refractivity contribution in [2.24, 2.45) is 0 Å². The predicted octanol–water partition coefficient (Wildman–Crippen LogP) is 2.37. The van der Waals surface area contributed by atoms with Gasteiger partial charge in [0.1, 0.15) is 10.8 Å². The maximum Gasteiger partial charge on any atom is 0.251 e. The fourth-order valence-corrected chi connectivity index (χ4v) is 3.12. The number of pyridine rings is 1. The molecule has 0 aliphatic heterocycles. The lowest BCUT2D eigenvalue weighted by Gasteiger charge is -2.05. The highest BCUT2D eigenvalue weighted by Gasteiger charge is 2.08. The Morgan fingerprint density at radius 2 is 2.35 bits per heavy atom. The van der Waals surface area contributed by atoms with Crippen LogP contribution in [0, 0.1) is 0 Å². The number of amides is 1. The summed E-state index contributed by atoms with van der Waals surface area (Å²) in [6.07, 6.45) is 3.66. The van der Waals surface area contributed by atoms with Crippen LogP contribution < -0.4 is 10.6 Å². The summed E-state index contributed by atoms with van der Waals surface area (Å²) >= 11 is 3.36. The van der Waals surface area contributed by atoms with Gasteiger partial charge in [0.05, 0.1) is 12.2 Å². The minimum Gasteiger partial charge on any atom is -0.373 e. The summed E-state index contributed by atoms with van der Waals surface area (Å²) in [4.78, 5) is 20.6. The average Bonchev–Trinajstić information content (AvgIpc) is 2.93. The van der Waals surface area contributed by atoms with Gasteiger partial charge in [0.15, 0.2) is 0 Å². The molecule has 2 N–H and O–H groups in total. The number of thioether (sulfide) groups is 1. The minimum absolute atomic E-state index is 0.122. The van der Waals surface area contributed by atoms with Crippen molar-refractivity contribution >= 4 is 34.8 Å². The number of nitrogens with one attached hydrogen (secondary N) is 2. The Hall–Kier alpha value is -1.60. The highest BCUT2D eigenvalue weighted by atomic mass is 32.2. The van der Waals surface area contributed by atoms with Crippen LogP contribution in [0.5, 0.6) is 0 Å². The van der Waals surface area contributed by atoms with Crippen LogP contribution in [0.2, 0.25) is 0 Å². The van der Waals surface area contributed by atoms with E-state index in [1.54, 1.807) is 48.5 Å². The van der Waals surface area contributed by atoms with Crippen LogP contribution in [0.1, 0.15) is 21.1 Å². The van der Waals surface area contributed by atoms with Gasteiger partial charge in [0, 0.05) is 29.9 Å². The number of aromatic nitrogens is 2. The molecule has 0 aliphatic carbocycles. The van der Waals surface area contributed by atoms with E-state index in [1.165, 1.54) is 0 Å². The molecule has 2 aromatic rings. The van der Waals surface area contributed by atoms with Gasteiger partial charge in [-0.2, -0.15) is 11.8 Å². The minimum atomic E-state index is -0.122. The van der Waals surface area contributed by atoms with Crippen LogP contribution >= 0.6 is 23.1 Å². The highest BCUT2D eigenvalue weighted by molar-refractivity contribution is 7.97. The molecule has 5 nitrogen and oxygen atoms in total. The van der Waals surface area contributed by atoms with Gasteiger partial charge >= 0.3 is 0 Å². The standard InChI is InChI=1S/C13H16N4OS2/c1-14-11-5-9(3-4-15-11)13(18)16-6-10-7-20-12(17-10)8-19-2/h3-5,7H,6,8H2,1-2H3,(H,14,15)(H,16,18). The van der Waals surface area contributed by atoms with E-state index in [0.717, 1.165) is 16.5 Å². The van der Waals surface area contributed by atoms with Crippen molar-refractivity contribution in [3.05, 3.63) is 40.0 Å². The lowest BCUT2D eigenvalue weighted by Crippen LogP contribution is -2.23. The van der Waals surface area contributed by atoms with E-state index in [2.05, 4.69) is 20.6 Å². The van der Waals surface area contributed by atoms with Gasteiger partial charge in [-0.1, -0.05) is 0 Å². The van der Waals surface area contributed by atoms with Gasteiger partial charge < -0.3 is 10.6 Å². The van der Waals surface area contributed by atoms with Gasteiger partial charge in [-0.3, -0.25) is 4.79 Å². The van der Waals surface area contributed by atoms with Crippen molar-refractivity contribution in [3.63, 3.8) is 0 Å². The van der Waals surface area contributed by atoms with Crippen LogP contribution in [0.3, 0.4) is 0 Å². The molecule has 2 heterocycles. The lowest BCUT2D eigenvalue weighted by molar-refractivity contribution is 0.0950. The Bertz CT molecular complexity index is 585. The average molecular weight is 308 g/mol. The molecule has 0 aromatic carbocycles. The van der Waals surface area contributed by atoms with E-state index in [1.807, 2.05) is 11.6 Å². The molecular formula is C13H16N4OS2. The van der Waals surface area contributed by atoms with Crippen molar-refractivity contribution in [1.29, 1.82) is 0 Å². The first-order valence-electron chi connectivity index (χ1n) is 6.07. The number of hydrogen-bond donors (Lipinski definition) is 2. The normalized spacial score (nSPS) is 10.3. The molecule has 0 bridgehead atoms. The Balaban J connectivity index is 1.93. The second kappa shape index (κ2) is 7.25. The third kappa shape index (κ3) is 3.94. The molecule has 2 aromatic heterocycles. The van der Waals surface area contributed by atoms with Gasteiger partial charge in [0.25, 0.3) is 5.91 Å². The van der Waals surface area contributed by atoms with E-state index in [9.17, 15) is 4.79 Å². The first-order valence-corrected chi connectivity index (χ1v) is 8.34. The van der Waals surface area contributed by atoms with E-state index >= 15 is 0 Å². The summed E-state index contributed by atoms with van der Waals surface area (Å²) in [5, 5.41) is 8.84. The van der Waals surface area contributed by atoms with Crippen molar-refractivity contribution in [2.75, 3.05) is 18.6 Å². The van der Waals surface area contributed by atoms with Crippen molar-refractivity contribution in [2.45, 2.75) is 12.3 Å². The highest BCUT2D eigenvalue weighted by Crippen LogP contribution is 2.15. The van der Waals surface area contributed by atoms with Crippen LogP contribution in [-0.2, 0) is 12.3 Å². The predicted molar refractivity (Wildman–Crippen MR) is 84.3 cm³/mol. The zero-order chi connectivity index (χ0) is 14.4. The fourth-order valence-electron chi connectivity index (χ4n) is 1.60. The monoisotopic (exact) mass is 308 g/mol. The molecule has 0 atom stereocenters. The second-order valence-electron chi connectivity index (χ2n) is 4.03. The zero-order valence-electron chi connectivity index (χ0n) is 11.3. The Morgan fingerprint density at radius 3 is 3.10 bits per heavy atom. The Morgan fingerprint density at radius 1 is 1.50 bits per heavy atom. The van der Waals surface area contributed by atoms with Gasteiger partial charge in [0.2, 0.25) is 0 Å². The van der Waals surface area contributed by atoms with E-state index in [0.29, 0.717) is 17.9 Å². The summed E-state index contributed by atoms with van der Waals surface area (Å²) in [6, 6.07) is 3.41. The first kappa shape index (κ1) is 14.8. The van der Waals surface area contributed by atoms with E-state index < -0.39 is 0 Å². The molecular weight excluding hydrogens is 292 g/mol. The summed E-state index contributed by atoms with van der Waals surface area (Å²) in [5.74, 6) is 1.46. The molecule has 0 aliphatic rings. The van der Waals surface area contributed by atoms with E-state index in [4.69, 9.17) is 0 Å². The third-order valence-electron chi connectivity index (χ3n) is 2.58. The molecule has 20 heavy (non-hydrogen) atoms. The molecule has 2 rings (SSSR count). The lowest BCUT2D eigenvalue weighted by atomic mass is 10.2.